The maximum atomic E-state index is 10.4. The summed E-state index contributed by atoms with van der Waals surface area (Å²) in [5, 5.41) is 27.7. The Kier molecular flexibility index (Phi) is 6.58. The second kappa shape index (κ2) is 11.4. The minimum Gasteiger partial charge on any atom is -0.309 e. The van der Waals surface area contributed by atoms with Gasteiger partial charge in [-0.3, -0.25) is 0 Å². The molecule has 0 saturated carbocycles. The van der Waals surface area contributed by atoms with Crippen molar-refractivity contribution in [1.29, 1.82) is 10.5 Å². The number of aromatic nitrogens is 1. The molecule has 0 atom stereocenters. The lowest BCUT2D eigenvalue weighted by molar-refractivity contribution is 1.18. The number of hydrogen-bond acceptors (Lipinski definition) is 2. The summed E-state index contributed by atoms with van der Waals surface area (Å²) in [5.41, 5.74) is 9.98. The third-order valence-electron chi connectivity index (χ3n) is 9.67. The van der Waals surface area contributed by atoms with Crippen molar-refractivity contribution < 1.29 is 0 Å². The first-order chi connectivity index (χ1) is 24.2. The van der Waals surface area contributed by atoms with Gasteiger partial charge in [-0.1, -0.05) is 127 Å². The van der Waals surface area contributed by atoms with Gasteiger partial charge in [-0.15, -0.1) is 0 Å². The smallest absolute Gasteiger partial charge is 0.101 e. The van der Waals surface area contributed by atoms with E-state index < -0.39 is 0 Å². The Hall–Kier alpha value is -6.94. The van der Waals surface area contributed by atoms with Crippen LogP contribution in [-0.4, -0.2) is 4.57 Å². The molecule has 0 saturated heterocycles. The van der Waals surface area contributed by atoms with Crippen LogP contribution in [0.15, 0.2) is 164 Å². The predicted molar refractivity (Wildman–Crippen MR) is 202 cm³/mol. The van der Waals surface area contributed by atoms with E-state index in [1.807, 2.05) is 12.1 Å². The van der Waals surface area contributed by atoms with Gasteiger partial charge in [0.15, 0.2) is 0 Å². The minimum atomic E-state index is 0.363. The zero-order chi connectivity index (χ0) is 32.9. The van der Waals surface area contributed by atoms with Crippen molar-refractivity contribution in [3.8, 4) is 51.2 Å². The molecule has 0 aliphatic rings. The molecule has 0 aliphatic carbocycles. The van der Waals surface area contributed by atoms with Crippen molar-refractivity contribution in [2.24, 2.45) is 0 Å². The van der Waals surface area contributed by atoms with E-state index in [1.54, 1.807) is 0 Å². The third-order valence-corrected chi connectivity index (χ3v) is 9.67. The largest absolute Gasteiger partial charge is 0.309 e. The Labute approximate surface area is 283 Å². The van der Waals surface area contributed by atoms with Crippen LogP contribution in [0.5, 0.6) is 0 Å². The van der Waals surface area contributed by atoms with Gasteiger partial charge in [0.25, 0.3) is 0 Å². The molecule has 0 unspecified atom stereocenters. The first-order valence-electron chi connectivity index (χ1n) is 16.3. The van der Waals surface area contributed by atoms with E-state index in [1.165, 1.54) is 16.3 Å². The number of hydrogen-bond donors (Lipinski definition) is 0. The fourth-order valence-corrected chi connectivity index (χ4v) is 7.57. The van der Waals surface area contributed by atoms with Crippen LogP contribution in [0.1, 0.15) is 11.1 Å². The molecule has 0 amide bonds. The van der Waals surface area contributed by atoms with E-state index in [0.717, 1.165) is 66.1 Å². The summed E-state index contributed by atoms with van der Waals surface area (Å²) in [6.07, 6.45) is 0. The highest BCUT2D eigenvalue weighted by Gasteiger charge is 2.20. The quantitative estimate of drug-likeness (QED) is 0.184. The number of para-hydroxylation sites is 2. The molecular formula is C46H27N3. The highest BCUT2D eigenvalue weighted by Crippen LogP contribution is 2.45. The van der Waals surface area contributed by atoms with E-state index >= 15 is 0 Å². The molecule has 3 heteroatoms. The summed E-state index contributed by atoms with van der Waals surface area (Å²) in [7, 11) is 0. The van der Waals surface area contributed by atoms with Crippen molar-refractivity contribution in [3.05, 3.63) is 175 Å². The van der Waals surface area contributed by atoms with Gasteiger partial charge in [0, 0.05) is 22.0 Å². The number of fused-ring (bicyclic) bond motifs is 5. The van der Waals surface area contributed by atoms with Gasteiger partial charge < -0.3 is 4.57 Å². The average Bonchev–Trinajstić information content (AvgIpc) is 3.51. The number of nitriles is 2. The van der Waals surface area contributed by atoms with E-state index in [4.69, 9.17) is 0 Å². The molecule has 0 N–H and O–H groups in total. The fraction of sp³-hybridized carbons (Fsp3) is 0. The van der Waals surface area contributed by atoms with Crippen molar-refractivity contribution in [2.45, 2.75) is 0 Å². The number of benzene rings is 8. The Morgan fingerprint density at radius 3 is 1.37 bits per heavy atom. The van der Waals surface area contributed by atoms with Crippen molar-refractivity contribution in [2.75, 3.05) is 0 Å². The first-order valence-corrected chi connectivity index (χ1v) is 16.3. The molecule has 9 rings (SSSR count). The maximum Gasteiger partial charge on any atom is 0.101 e. The molecule has 9 aromatic rings. The highest BCUT2D eigenvalue weighted by atomic mass is 15.0. The summed E-state index contributed by atoms with van der Waals surface area (Å²) in [6, 6.07) is 61.4. The SMILES string of the molecule is N#Cc1cc(-c2c3ccccc3c(-c3ccccc3)c3ccccc23)cc(-c2ccc(-n3c4ccccc4c4ccccc43)cc2)c1C#N. The summed E-state index contributed by atoms with van der Waals surface area (Å²) >= 11 is 0. The molecule has 0 aliphatic heterocycles. The summed E-state index contributed by atoms with van der Waals surface area (Å²) in [6.45, 7) is 0. The molecule has 8 aromatic carbocycles. The van der Waals surface area contributed by atoms with Crippen LogP contribution >= 0.6 is 0 Å². The molecule has 1 aromatic heterocycles. The van der Waals surface area contributed by atoms with Crippen LogP contribution in [0.4, 0.5) is 0 Å². The van der Waals surface area contributed by atoms with Gasteiger partial charge in [0.1, 0.15) is 12.1 Å². The second-order valence-electron chi connectivity index (χ2n) is 12.3. The van der Waals surface area contributed by atoms with Gasteiger partial charge in [0.2, 0.25) is 0 Å². The normalized spacial score (nSPS) is 11.2. The Bertz CT molecular complexity index is 2720. The third kappa shape index (κ3) is 4.42. The molecule has 49 heavy (non-hydrogen) atoms. The predicted octanol–water partition coefficient (Wildman–Crippen LogP) is 11.8. The average molecular weight is 622 g/mol. The van der Waals surface area contributed by atoms with Crippen LogP contribution in [0, 0.1) is 22.7 Å². The minimum absolute atomic E-state index is 0.363. The lowest BCUT2D eigenvalue weighted by Gasteiger charge is -2.19. The lowest BCUT2D eigenvalue weighted by Crippen LogP contribution is -1.96. The molecule has 3 nitrogen and oxygen atoms in total. The van der Waals surface area contributed by atoms with E-state index in [9.17, 15) is 10.5 Å². The van der Waals surface area contributed by atoms with Gasteiger partial charge in [-0.05, 0) is 85.8 Å². The van der Waals surface area contributed by atoms with E-state index in [0.29, 0.717) is 11.1 Å². The molecule has 0 spiro atoms. The van der Waals surface area contributed by atoms with Crippen molar-refractivity contribution in [3.63, 3.8) is 0 Å². The standard InChI is InChI=1S/C46H27N3/c47-28-33-26-32(46-39-18-6-4-16-37(39)45(31-12-2-1-3-13-31)38-17-5-7-19-40(38)46)27-41(42(33)29-48)30-22-24-34(25-23-30)49-43-20-10-8-14-35(43)36-15-9-11-21-44(36)49/h1-27H. The van der Waals surface area contributed by atoms with Crippen LogP contribution in [0.25, 0.3) is 82.4 Å². The zero-order valence-electron chi connectivity index (χ0n) is 26.4. The second-order valence-corrected chi connectivity index (χ2v) is 12.3. The van der Waals surface area contributed by atoms with E-state index in [2.05, 4.69) is 168 Å². The Morgan fingerprint density at radius 1 is 0.388 bits per heavy atom. The Morgan fingerprint density at radius 2 is 0.857 bits per heavy atom. The van der Waals surface area contributed by atoms with Crippen LogP contribution in [0.3, 0.4) is 0 Å². The zero-order valence-corrected chi connectivity index (χ0v) is 26.4. The number of nitrogens with zero attached hydrogens (tertiary/aromatic N) is 3. The summed E-state index contributed by atoms with van der Waals surface area (Å²) in [5.74, 6) is 0. The Balaban J connectivity index is 1.27. The van der Waals surface area contributed by atoms with Crippen LogP contribution < -0.4 is 0 Å². The topological polar surface area (TPSA) is 52.5 Å². The van der Waals surface area contributed by atoms with Crippen molar-refractivity contribution >= 4 is 43.4 Å². The van der Waals surface area contributed by atoms with E-state index in [-0.39, 0.29) is 0 Å². The molecule has 1 heterocycles. The highest BCUT2D eigenvalue weighted by molar-refractivity contribution is 6.21. The lowest BCUT2D eigenvalue weighted by atomic mass is 9.84. The monoisotopic (exact) mass is 621 g/mol. The van der Waals surface area contributed by atoms with Gasteiger partial charge >= 0.3 is 0 Å². The van der Waals surface area contributed by atoms with Gasteiger partial charge in [0.05, 0.1) is 22.2 Å². The summed E-state index contributed by atoms with van der Waals surface area (Å²) in [4.78, 5) is 0. The molecule has 0 bridgehead atoms. The molecule has 0 radical (unpaired) electrons. The fourth-order valence-electron chi connectivity index (χ4n) is 7.57. The maximum absolute atomic E-state index is 10.4. The molecule has 0 fully saturated rings. The van der Waals surface area contributed by atoms with Gasteiger partial charge in [-0.25, -0.2) is 0 Å². The van der Waals surface area contributed by atoms with Crippen molar-refractivity contribution in [1.82, 2.24) is 4.57 Å². The summed E-state index contributed by atoms with van der Waals surface area (Å²) < 4.78 is 2.28. The van der Waals surface area contributed by atoms with Gasteiger partial charge in [-0.2, -0.15) is 10.5 Å². The van der Waals surface area contributed by atoms with Crippen LogP contribution in [-0.2, 0) is 0 Å². The molecule has 226 valence electrons. The molecular weight excluding hydrogens is 595 g/mol. The van der Waals surface area contributed by atoms with Crippen LogP contribution in [0.2, 0.25) is 0 Å². The first kappa shape index (κ1) is 28.3. The number of rotatable bonds is 4.